The molecule has 0 radical (unpaired) electrons. The van der Waals surface area contributed by atoms with Gasteiger partial charge in [-0.2, -0.15) is 0 Å². The Kier molecular flexibility index (Phi) is 3.06. The normalized spacial score (nSPS) is 11.0. The topological polar surface area (TPSA) is 30.7 Å². The highest BCUT2D eigenvalue weighted by Crippen LogP contribution is 2.23. The van der Waals surface area contributed by atoms with Crippen LogP contribution in [0.2, 0.25) is 0 Å². The maximum Gasteiger partial charge on any atom is 0.129 e. The summed E-state index contributed by atoms with van der Waals surface area (Å²) in [6, 6.07) is 9.99. The molecule has 0 bridgehead atoms. The van der Waals surface area contributed by atoms with Gasteiger partial charge in [0.15, 0.2) is 0 Å². The maximum atomic E-state index is 5.98. The van der Waals surface area contributed by atoms with Crippen LogP contribution < -0.4 is 0 Å². The fraction of sp³-hybridized carbons (Fsp3) is 0.0769. The van der Waals surface area contributed by atoms with E-state index in [4.69, 9.17) is 11.6 Å². The Hall–Kier alpha value is -1.39. The predicted octanol–water partition coefficient (Wildman–Crippen LogP) is 3.92. The second-order valence-corrected chi connectivity index (χ2v) is 5.02. The van der Waals surface area contributed by atoms with Gasteiger partial charge in [-0.1, -0.05) is 22.0 Å². The lowest BCUT2D eigenvalue weighted by Gasteiger charge is -2.07. The lowest BCUT2D eigenvalue weighted by Crippen LogP contribution is -1.98. The summed E-state index contributed by atoms with van der Waals surface area (Å²) in [6.45, 7) is 0. The molecule has 0 saturated carbocycles. The van der Waals surface area contributed by atoms with Gasteiger partial charge < -0.3 is 0 Å². The Morgan fingerprint density at radius 2 is 2.17 bits per heavy atom. The van der Waals surface area contributed by atoms with E-state index < -0.39 is 0 Å². The van der Waals surface area contributed by atoms with Crippen LogP contribution in [0.15, 0.2) is 47.2 Å². The summed E-state index contributed by atoms with van der Waals surface area (Å²) in [7, 11) is 0. The van der Waals surface area contributed by atoms with Gasteiger partial charge in [0.05, 0.1) is 17.6 Å². The Morgan fingerprint density at radius 1 is 1.28 bits per heavy atom. The molecule has 90 valence electrons. The number of hydrogen-bond donors (Lipinski definition) is 0. The molecule has 0 aliphatic rings. The van der Waals surface area contributed by atoms with E-state index in [9.17, 15) is 0 Å². The minimum atomic E-state index is 0.362. The standard InChI is InChI=1S/C13H9BrClN3/c14-9-2-1-3-10(6-9)18-12-4-5-16-8-11(12)17-13(18)7-15/h1-6,8H,7H2. The monoisotopic (exact) mass is 321 g/mol. The van der Waals surface area contributed by atoms with Gasteiger partial charge in [-0.15, -0.1) is 11.6 Å². The number of benzene rings is 1. The molecule has 3 aromatic rings. The number of fused-ring (bicyclic) bond motifs is 1. The van der Waals surface area contributed by atoms with Gasteiger partial charge in [0.25, 0.3) is 0 Å². The highest BCUT2D eigenvalue weighted by atomic mass is 79.9. The number of pyridine rings is 1. The molecule has 0 amide bonds. The molecule has 0 aliphatic carbocycles. The van der Waals surface area contributed by atoms with Crippen molar-refractivity contribution in [2.24, 2.45) is 0 Å². The van der Waals surface area contributed by atoms with Crippen molar-refractivity contribution in [1.82, 2.24) is 14.5 Å². The average molecular weight is 323 g/mol. The Bertz CT molecular complexity index is 708. The molecular formula is C13H9BrClN3. The molecule has 0 spiro atoms. The predicted molar refractivity (Wildman–Crippen MR) is 76.1 cm³/mol. The Labute approximate surface area is 118 Å². The van der Waals surface area contributed by atoms with Crippen molar-refractivity contribution in [2.45, 2.75) is 5.88 Å². The summed E-state index contributed by atoms with van der Waals surface area (Å²) >= 11 is 9.46. The molecule has 0 saturated heterocycles. The summed E-state index contributed by atoms with van der Waals surface area (Å²) in [5, 5.41) is 0. The third kappa shape index (κ3) is 1.91. The van der Waals surface area contributed by atoms with E-state index in [1.54, 1.807) is 12.4 Å². The SMILES string of the molecule is ClCc1nc2cnccc2n1-c1cccc(Br)c1. The number of imidazole rings is 1. The molecule has 5 heteroatoms. The highest BCUT2D eigenvalue weighted by molar-refractivity contribution is 9.10. The van der Waals surface area contributed by atoms with Crippen LogP contribution >= 0.6 is 27.5 Å². The van der Waals surface area contributed by atoms with Crippen molar-refractivity contribution >= 4 is 38.6 Å². The minimum Gasteiger partial charge on any atom is -0.295 e. The molecule has 3 nitrogen and oxygen atoms in total. The second-order valence-electron chi connectivity index (χ2n) is 3.84. The molecular weight excluding hydrogens is 314 g/mol. The summed E-state index contributed by atoms with van der Waals surface area (Å²) in [4.78, 5) is 8.58. The molecule has 18 heavy (non-hydrogen) atoms. The van der Waals surface area contributed by atoms with E-state index in [0.717, 1.165) is 27.0 Å². The average Bonchev–Trinajstić information content (AvgIpc) is 2.77. The number of nitrogens with zero attached hydrogens (tertiary/aromatic N) is 3. The number of halogens is 2. The van der Waals surface area contributed by atoms with E-state index in [1.165, 1.54) is 0 Å². The van der Waals surface area contributed by atoms with Crippen molar-refractivity contribution in [1.29, 1.82) is 0 Å². The van der Waals surface area contributed by atoms with Gasteiger partial charge >= 0.3 is 0 Å². The first-order valence-corrected chi connectivity index (χ1v) is 6.75. The fourth-order valence-electron chi connectivity index (χ4n) is 1.98. The molecule has 0 unspecified atom stereocenters. The number of rotatable bonds is 2. The summed E-state index contributed by atoms with van der Waals surface area (Å²) in [5.74, 6) is 1.18. The summed E-state index contributed by atoms with van der Waals surface area (Å²) in [6.07, 6.45) is 3.51. The van der Waals surface area contributed by atoms with Crippen LogP contribution in [0.1, 0.15) is 5.82 Å². The van der Waals surface area contributed by atoms with Crippen molar-refractivity contribution in [3.8, 4) is 5.69 Å². The zero-order valence-electron chi connectivity index (χ0n) is 9.35. The van der Waals surface area contributed by atoms with E-state index in [2.05, 4.69) is 30.5 Å². The molecule has 2 aromatic heterocycles. The van der Waals surface area contributed by atoms with E-state index >= 15 is 0 Å². The molecule has 0 fully saturated rings. The van der Waals surface area contributed by atoms with Gasteiger partial charge in [-0.25, -0.2) is 4.98 Å². The molecule has 3 rings (SSSR count). The van der Waals surface area contributed by atoms with E-state index in [1.807, 2.05) is 30.3 Å². The van der Waals surface area contributed by atoms with Crippen LogP contribution in [0.3, 0.4) is 0 Å². The third-order valence-electron chi connectivity index (χ3n) is 2.71. The maximum absolute atomic E-state index is 5.98. The van der Waals surface area contributed by atoms with Crippen LogP contribution in [0.25, 0.3) is 16.7 Å². The lowest BCUT2D eigenvalue weighted by molar-refractivity contribution is 0.981. The smallest absolute Gasteiger partial charge is 0.129 e. The van der Waals surface area contributed by atoms with Gasteiger partial charge in [0.1, 0.15) is 11.3 Å². The van der Waals surface area contributed by atoms with Crippen molar-refractivity contribution in [2.75, 3.05) is 0 Å². The minimum absolute atomic E-state index is 0.362. The highest BCUT2D eigenvalue weighted by Gasteiger charge is 2.11. The zero-order chi connectivity index (χ0) is 12.5. The first-order valence-electron chi connectivity index (χ1n) is 5.43. The summed E-state index contributed by atoms with van der Waals surface area (Å²) in [5.41, 5.74) is 2.90. The van der Waals surface area contributed by atoms with Gasteiger partial charge in [-0.3, -0.25) is 9.55 Å². The Morgan fingerprint density at radius 3 is 2.94 bits per heavy atom. The van der Waals surface area contributed by atoms with Gasteiger partial charge in [-0.05, 0) is 24.3 Å². The quantitative estimate of drug-likeness (QED) is 0.669. The Balaban J connectivity index is 2.33. The van der Waals surface area contributed by atoms with Crippen molar-refractivity contribution in [3.05, 3.63) is 53.0 Å². The molecule has 0 atom stereocenters. The van der Waals surface area contributed by atoms with Gasteiger partial charge in [0, 0.05) is 16.4 Å². The summed E-state index contributed by atoms with van der Waals surface area (Å²) < 4.78 is 3.07. The molecule has 2 heterocycles. The number of hydrogen-bond acceptors (Lipinski definition) is 2. The van der Waals surface area contributed by atoms with E-state index in [0.29, 0.717) is 5.88 Å². The fourth-order valence-corrected chi connectivity index (χ4v) is 2.54. The van der Waals surface area contributed by atoms with Crippen LogP contribution in [0.4, 0.5) is 0 Å². The second kappa shape index (κ2) is 4.71. The first kappa shape index (κ1) is 11.7. The van der Waals surface area contributed by atoms with Crippen LogP contribution in [-0.2, 0) is 5.88 Å². The van der Waals surface area contributed by atoms with Gasteiger partial charge in [0.2, 0.25) is 0 Å². The largest absolute Gasteiger partial charge is 0.295 e. The lowest BCUT2D eigenvalue weighted by atomic mass is 10.3. The van der Waals surface area contributed by atoms with Crippen molar-refractivity contribution in [3.63, 3.8) is 0 Å². The first-order chi connectivity index (χ1) is 8.79. The van der Waals surface area contributed by atoms with Crippen LogP contribution in [0.5, 0.6) is 0 Å². The van der Waals surface area contributed by atoms with E-state index in [-0.39, 0.29) is 0 Å². The third-order valence-corrected chi connectivity index (χ3v) is 3.44. The van der Waals surface area contributed by atoms with Crippen LogP contribution in [-0.4, -0.2) is 14.5 Å². The molecule has 0 N–H and O–H groups in total. The molecule has 0 aliphatic heterocycles. The zero-order valence-corrected chi connectivity index (χ0v) is 11.7. The number of aromatic nitrogens is 3. The van der Waals surface area contributed by atoms with Crippen molar-refractivity contribution < 1.29 is 0 Å². The number of alkyl halides is 1. The molecule has 1 aromatic carbocycles. The van der Waals surface area contributed by atoms with Crippen LogP contribution in [0, 0.1) is 0 Å².